The van der Waals surface area contributed by atoms with Gasteiger partial charge >= 0.3 is 0 Å². The Morgan fingerprint density at radius 3 is 2.45 bits per heavy atom. The number of ketones is 2. The van der Waals surface area contributed by atoms with Gasteiger partial charge in [0.2, 0.25) is 11.6 Å². The van der Waals surface area contributed by atoms with Crippen molar-refractivity contribution in [3.8, 4) is 0 Å². The third kappa shape index (κ3) is 0.767. The molecule has 0 amide bonds. The van der Waals surface area contributed by atoms with E-state index in [4.69, 9.17) is 0 Å². The lowest BCUT2D eigenvalue weighted by Crippen LogP contribution is -2.40. The topological polar surface area (TPSA) is 46.2 Å². The van der Waals surface area contributed by atoms with Gasteiger partial charge in [0.15, 0.2) is 0 Å². The summed E-state index contributed by atoms with van der Waals surface area (Å²) in [7, 11) is 0. The molecule has 1 unspecified atom stereocenters. The van der Waals surface area contributed by atoms with Crippen LogP contribution in [-0.2, 0) is 9.59 Å². The van der Waals surface area contributed by atoms with Crippen LogP contribution in [0.5, 0.6) is 0 Å². The van der Waals surface area contributed by atoms with Gasteiger partial charge in [0.1, 0.15) is 5.41 Å². The van der Waals surface area contributed by atoms with Gasteiger partial charge in [-0.1, -0.05) is 15.9 Å². The third-order valence-corrected chi connectivity index (χ3v) is 3.61. The first-order chi connectivity index (χ1) is 5.19. The van der Waals surface area contributed by atoms with Crippen LogP contribution in [0.3, 0.4) is 0 Å². The van der Waals surface area contributed by atoms with E-state index in [0.29, 0.717) is 6.42 Å². The van der Waals surface area contributed by atoms with Crippen molar-refractivity contribution in [1.82, 2.24) is 5.32 Å². The molecule has 0 bridgehead atoms. The molecule has 1 saturated carbocycles. The van der Waals surface area contributed by atoms with Crippen LogP contribution < -0.4 is 5.32 Å². The SMILES string of the molecule is O=C1C(=O)C12CCNCC2Br. The lowest BCUT2D eigenvalue weighted by molar-refractivity contribution is -0.122. The van der Waals surface area contributed by atoms with Gasteiger partial charge in [-0.2, -0.15) is 0 Å². The normalized spacial score (nSPS) is 34.5. The molecule has 1 aliphatic heterocycles. The second kappa shape index (κ2) is 2.14. The quantitative estimate of drug-likeness (QED) is 0.350. The number of nitrogens with one attached hydrogen (secondary N) is 1. The molecule has 2 rings (SSSR count). The fraction of sp³-hybridized carbons (Fsp3) is 0.714. The van der Waals surface area contributed by atoms with Crippen molar-refractivity contribution >= 4 is 27.5 Å². The van der Waals surface area contributed by atoms with E-state index in [1.54, 1.807) is 0 Å². The first-order valence-electron chi connectivity index (χ1n) is 3.63. The number of alkyl halides is 1. The molecule has 1 aliphatic carbocycles. The van der Waals surface area contributed by atoms with Crippen molar-refractivity contribution in [1.29, 1.82) is 0 Å². The molecule has 0 aromatic rings. The average molecular weight is 218 g/mol. The standard InChI is InChI=1S/C7H8BrNO2/c8-4-3-9-2-1-7(4)5(10)6(7)11/h4,9H,1-3H2. The van der Waals surface area contributed by atoms with Crippen molar-refractivity contribution < 1.29 is 9.59 Å². The Labute approximate surface area is 72.7 Å². The highest BCUT2D eigenvalue weighted by Crippen LogP contribution is 2.47. The monoisotopic (exact) mass is 217 g/mol. The number of hydrogen-bond donors (Lipinski definition) is 1. The van der Waals surface area contributed by atoms with Crippen LogP contribution in [0, 0.1) is 5.41 Å². The number of carbonyl (C=O) groups excluding carboxylic acids is 2. The van der Waals surface area contributed by atoms with Crippen LogP contribution in [0.2, 0.25) is 0 Å². The molecular weight excluding hydrogens is 210 g/mol. The van der Waals surface area contributed by atoms with Gasteiger partial charge in [-0.25, -0.2) is 0 Å². The highest BCUT2D eigenvalue weighted by atomic mass is 79.9. The zero-order valence-electron chi connectivity index (χ0n) is 5.89. The Morgan fingerprint density at radius 2 is 2.09 bits per heavy atom. The average Bonchev–Trinajstić information content (AvgIpc) is 2.50. The summed E-state index contributed by atoms with van der Waals surface area (Å²) in [6.07, 6.45) is 0.667. The van der Waals surface area contributed by atoms with Crippen LogP contribution in [0.15, 0.2) is 0 Å². The summed E-state index contributed by atoms with van der Waals surface area (Å²) in [6, 6.07) is 0. The Hall–Kier alpha value is -0.220. The van der Waals surface area contributed by atoms with Gasteiger partial charge in [-0.15, -0.1) is 0 Å². The van der Waals surface area contributed by atoms with E-state index >= 15 is 0 Å². The van der Waals surface area contributed by atoms with Gasteiger partial charge in [-0.05, 0) is 13.0 Å². The molecule has 1 N–H and O–H groups in total. The summed E-state index contributed by atoms with van der Waals surface area (Å²) >= 11 is 3.35. The molecule has 0 aromatic carbocycles. The Kier molecular flexibility index (Phi) is 1.44. The van der Waals surface area contributed by atoms with Crippen LogP contribution in [0.4, 0.5) is 0 Å². The molecule has 1 heterocycles. The van der Waals surface area contributed by atoms with Crippen LogP contribution >= 0.6 is 15.9 Å². The molecular formula is C7H8BrNO2. The molecule has 11 heavy (non-hydrogen) atoms. The van der Waals surface area contributed by atoms with Gasteiger partial charge < -0.3 is 5.32 Å². The molecule has 1 saturated heterocycles. The number of hydrogen-bond acceptors (Lipinski definition) is 3. The Bertz CT molecular complexity index is 225. The van der Waals surface area contributed by atoms with Gasteiger partial charge in [0.05, 0.1) is 0 Å². The van der Waals surface area contributed by atoms with E-state index in [9.17, 15) is 9.59 Å². The first kappa shape index (κ1) is 7.43. The van der Waals surface area contributed by atoms with Crippen molar-refractivity contribution in [2.45, 2.75) is 11.2 Å². The number of Topliss-reactive ketones (excluding diaryl/α,β-unsaturated/α-hetero) is 2. The molecule has 1 spiro atoms. The Balaban J connectivity index is 2.25. The highest BCUT2D eigenvalue weighted by molar-refractivity contribution is 9.09. The van der Waals surface area contributed by atoms with Gasteiger partial charge in [0.25, 0.3) is 0 Å². The largest absolute Gasteiger partial charge is 0.316 e. The molecule has 1 atom stereocenters. The van der Waals surface area contributed by atoms with Crippen molar-refractivity contribution in [3.63, 3.8) is 0 Å². The van der Waals surface area contributed by atoms with Crippen LogP contribution in [0.25, 0.3) is 0 Å². The summed E-state index contributed by atoms with van der Waals surface area (Å²) in [5.41, 5.74) is -0.620. The molecule has 4 heteroatoms. The second-order valence-electron chi connectivity index (χ2n) is 3.05. The molecule has 0 radical (unpaired) electrons. The van der Waals surface area contributed by atoms with E-state index in [1.807, 2.05) is 0 Å². The summed E-state index contributed by atoms with van der Waals surface area (Å²) in [4.78, 5) is 22.0. The summed E-state index contributed by atoms with van der Waals surface area (Å²) in [5, 5.41) is 3.12. The summed E-state index contributed by atoms with van der Waals surface area (Å²) in [6.45, 7) is 1.50. The maximum Gasteiger partial charge on any atom is 0.214 e. The summed E-state index contributed by atoms with van der Waals surface area (Å²) < 4.78 is 0. The zero-order valence-corrected chi connectivity index (χ0v) is 7.48. The van der Waals surface area contributed by atoms with Crippen molar-refractivity contribution in [2.75, 3.05) is 13.1 Å². The smallest absolute Gasteiger partial charge is 0.214 e. The van der Waals surface area contributed by atoms with E-state index in [2.05, 4.69) is 21.2 Å². The van der Waals surface area contributed by atoms with E-state index in [-0.39, 0.29) is 16.4 Å². The molecule has 0 aromatic heterocycles. The number of halogens is 1. The minimum absolute atomic E-state index is 0.0174. The minimum atomic E-state index is -0.620. The molecule has 2 aliphatic rings. The van der Waals surface area contributed by atoms with Crippen molar-refractivity contribution in [3.05, 3.63) is 0 Å². The van der Waals surface area contributed by atoms with E-state index in [1.165, 1.54) is 0 Å². The fourth-order valence-corrected chi connectivity index (χ4v) is 2.51. The molecule has 2 fully saturated rings. The lowest BCUT2D eigenvalue weighted by atomic mass is 9.94. The zero-order chi connectivity index (χ0) is 8.06. The first-order valence-corrected chi connectivity index (χ1v) is 4.55. The Morgan fingerprint density at radius 1 is 1.45 bits per heavy atom. The molecule has 3 nitrogen and oxygen atoms in total. The maximum absolute atomic E-state index is 11.0. The van der Waals surface area contributed by atoms with E-state index in [0.717, 1.165) is 13.1 Å². The van der Waals surface area contributed by atoms with E-state index < -0.39 is 5.41 Å². The summed E-state index contributed by atoms with van der Waals surface area (Å²) in [5.74, 6) is -0.359. The van der Waals surface area contributed by atoms with Crippen LogP contribution in [-0.4, -0.2) is 29.5 Å². The predicted octanol–water partition coefficient (Wildman–Crippen LogP) is -0.119. The minimum Gasteiger partial charge on any atom is -0.316 e. The number of rotatable bonds is 0. The third-order valence-electron chi connectivity index (χ3n) is 2.51. The highest BCUT2D eigenvalue weighted by Gasteiger charge is 2.68. The fourth-order valence-electron chi connectivity index (χ4n) is 1.64. The predicted molar refractivity (Wildman–Crippen MR) is 42.6 cm³/mol. The van der Waals surface area contributed by atoms with Gasteiger partial charge in [0, 0.05) is 11.4 Å². The number of carbonyl (C=O) groups is 2. The lowest BCUT2D eigenvalue weighted by Gasteiger charge is -2.23. The second-order valence-corrected chi connectivity index (χ2v) is 4.16. The number of piperidine rings is 1. The van der Waals surface area contributed by atoms with Gasteiger partial charge in [-0.3, -0.25) is 9.59 Å². The maximum atomic E-state index is 11.0. The molecule has 60 valence electrons. The van der Waals surface area contributed by atoms with Crippen LogP contribution in [0.1, 0.15) is 6.42 Å². The van der Waals surface area contributed by atoms with Crippen molar-refractivity contribution in [2.24, 2.45) is 5.41 Å².